The second-order valence-corrected chi connectivity index (χ2v) is 6.89. The highest BCUT2D eigenvalue weighted by molar-refractivity contribution is 5.92. The molecular weight excluding hydrogens is 346 g/mol. The molecule has 2 amide bonds. The van der Waals surface area contributed by atoms with Gasteiger partial charge in [0.2, 0.25) is 5.91 Å². The summed E-state index contributed by atoms with van der Waals surface area (Å²) in [4.78, 5) is 31.2. The van der Waals surface area contributed by atoms with Crippen LogP contribution in [0.25, 0.3) is 0 Å². The second kappa shape index (κ2) is 7.87. The minimum Gasteiger partial charge on any atom is -0.381 e. The molecule has 142 valence electrons. The van der Waals surface area contributed by atoms with Gasteiger partial charge in [-0.15, -0.1) is 0 Å². The van der Waals surface area contributed by atoms with Crippen LogP contribution >= 0.6 is 0 Å². The fourth-order valence-corrected chi connectivity index (χ4v) is 3.53. The molecule has 1 N–H and O–H groups in total. The standard InChI is InChI=1S/C19H23N5O3/c25-18(21-12-15-3-1-2-6-20-15)17-11-16-13-23(7-8-24(16)22-17)19(26)14-4-9-27-10-5-14/h1-3,6,11,14H,4-5,7-10,12-13H2,(H,21,25). The van der Waals surface area contributed by atoms with Crippen molar-refractivity contribution >= 4 is 11.8 Å². The van der Waals surface area contributed by atoms with Gasteiger partial charge >= 0.3 is 0 Å². The monoisotopic (exact) mass is 369 g/mol. The van der Waals surface area contributed by atoms with Gasteiger partial charge in [-0.3, -0.25) is 19.3 Å². The average Bonchev–Trinajstić information content (AvgIpc) is 3.16. The Kier molecular flexibility index (Phi) is 5.15. The third-order valence-electron chi connectivity index (χ3n) is 5.07. The van der Waals surface area contributed by atoms with Gasteiger partial charge in [-0.2, -0.15) is 5.10 Å². The molecule has 0 aliphatic carbocycles. The molecule has 0 saturated carbocycles. The van der Waals surface area contributed by atoms with Crippen molar-refractivity contribution in [1.82, 2.24) is 25.0 Å². The Labute approximate surface area is 157 Å². The number of amides is 2. The third kappa shape index (κ3) is 4.00. The summed E-state index contributed by atoms with van der Waals surface area (Å²) < 4.78 is 7.17. The van der Waals surface area contributed by atoms with E-state index in [1.54, 1.807) is 12.3 Å². The first-order valence-electron chi connectivity index (χ1n) is 9.32. The lowest BCUT2D eigenvalue weighted by atomic mass is 9.98. The van der Waals surface area contributed by atoms with Gasteiger partial charge in [0.1, 0.15) is 0 Å². The average molecular weight is 369 g/mol. The van der Waals surface area contributed by atoms with E-state index >= 15 is 0 Å². The number of rotatable bonds is 4. The van der Waals surface area contributed by atoms with Crippen molar-refractivity contribution in [2.24, 2.45) is 5.92 Å². The van der Waals surface area contributed by atoms with Crippen LogP contribution in [-0.4, -0.2) is 51.2 Å². The molecule has 0 radical (unpaired) electrons. The number of hydrogen-bond acceptors (Lipinski definition) is 5. The molecule has 0 unspecified atom stereocenters. The normalized spacial score (nSPS) is 17.4. The minimum atomic E-state index is -0.232. The molecule has 2 aliphatic heterocycles. The summed E-state index contributed by atoms with van der Waals surface area (Å²) in [6.45, 7) is 3.40. The molecule has 0 bridgehead atoms. The summed E-state index contributed by atoms with van der Waals surface area (Å²) in [5.41, 5.74) is 2.06. The topological polar surface area (TPSA) is 89.4 Å². The van der Waals surface area contributed by atoms with Crippen LogP contribution in [0, 0.1) is 5.92 Å². The van der Waals surface area contributed by atoms with Gasteiger partial charge in [-0.05, 0) is 31.0 Å². The Morgan fingerprint density at radius 1 is 1.22 bits per heavy atom. The van der Waals surface area contributed by atoms with Crippen LogP contribution in [0.3, 0.4) is 0 Å². The lowest BCUT2D eigenvalue weighted by Gasteiger charge is -2.32. The van der Waals surface area contributed by atoms with Gasteiger partial charge in [0.15, 0.2) is 5.69 Å². The lowest BCUT2D eigenvalue weighted by molar-refractivity contribution is -0.140. The zero-order chi connectivity index (χ0) is 18.6. The zero-order valence-electron chi connectivity index (χ0n) is 15.1. The predicted octanol–water partition coefficient (Wildman–Crippen LogP) is 0.977. The maximum Gasteiger partial charge on any atom is 0.272 e. The molecule has 8 nitrogen and oxygen atoms in total. The highest BCUT2D eigenvalue weighted by atomic mass is 16.5. The van der Waals surface area contributed by atoms with E-state index in [4.69, 9.17) is 4.74 Å². The molecule has 4 rings (SSSR count). The fraction of sp³-hybridized carbons (Fsp3) is 0.474. The first kappa shape index (κ1) is 17.7. The number of carbonyl (C=O) groups excluding carboxylic acids is 2. The van der Waals surface area contributed by atoms with E-state index in [1.807, 2.05) is 27.8 Å². The molecule has 2 aromatic heterocycles. The summed E-state index contributed by atoms with van der Waals surface area (Å²) in [6, 6.07) is 7.35. The second-order valence-electron chi connectivity index (χ2n) is 6.89. The molecule has 4 heterocycles. The molecule has 2 aromatic rings. The van der Waals surface area contributed by atoms with Gasteiger partial charge in [0.05, 0.1) is 31.0 Å². The van der Waals surface area contributed by atoms with Crippen LogP contribution in [0.2, 0.25) is 0 Å². The summed E-state index contributed by atoms with van der Waals surface area (Å²) in [5.74, 6) is 0.00567. The van der Waals surface area contributed by atoms with Gasteiger partial charge < -0.3 is 15.0 Å². The van der Waals surface area contributed by atoms with Crippen molar-refractivity contribution in [3.63, 3.8) is 0 Å². The fourth-order valence-electron chi connectivity index (χ4n) is 3.53. The number of carbonyl (C=O) groups is 2. The number of pyridine rings is 1. The van der Waals surface area contributed by atoms with E-state index in [9.17, 15) is 9.59 Å². The predicted molar refractivity (Wildman–Crippen MR) is 96.6 cm³/mol. The quantitative estimate of drug-likeness (QED) is 0.868. The van der Waals surface area contributed by atoms with Crippen LogP contribution in [0.1, 0.15) is 34.7 Å². The van der Waals surface area contributed by atoms with Crippen LogP contribution in [0.5, 0.6) is 0 Å². The number of aromatic nitrogens is 3. The van der Waals surface area contributed by atoms with E-state index in [0.29, 0.717) is 45.1 Å². The largest absolute Gasteiger partial charge is 0.381 e. The molecule has 0 spiro atoms. The molecule has 1 fully saturated rings. The smallest absolute Gasteiger partial charge is 0.272 e. The van der Waals surface area contributed by atoms with Crippen molar-refractivity contribution in [2.75, 3.05) is 19.8 Å². The van der Waals surface area contributed by atoms with Crippen LogP contribution in [-0.2, 0) is 29.2 Å². The molecule has 1 saturated heterocycles. The number of nitrogens with one attached hydrogen (secondary N) is 1. The number of fused-ring (bicyclic) bond motifs is 1. The SMILES string of the molecule is O=C(NCc1ccccn1)c1cc2n(n1)CCN(C(=O)C1CCOCC1)C2. The third-order valence-corrected chi connectivity index (χ3v) is 5.07. The minimum absolute atomic E-state index is 0.0503. The Bertz CT molecular complexity index is 814. The Morgan fingerprint density at radius 2 is 2.07 bits per heavy atom. The number of hydrogen-bond donors (Lipinski definition) is 1. The maximum atomic E-state index is 12.7. The number of ether oxygens (including phenoxy) is 1. The molecular formula is C19H23N5O3. The van der Waals surface area contributed by atoms with Crippen LogP contribution in [0.4, 0.5) is 0 Å². The lowest BCUT2D eigenvalue weighted by Crippen LogP contribution is -2.42. The van der Waals surface area contributed by atoms with Crippen molar-refractivity contribution in [1.29, 1.82) is 0 Å². The van der Waals surface area contributed by atoms with E-state index in [-0.39, 0.29) is 17.7 Å². The molecule has 27 heavy (non-hydrogen) atoms. The van der Waals surface area contributed by atoms with Gasteiger partial charge in [0.25, 0.3) is 5.91 Å². The molecule has 8 heteroatoms. The Hall–Kier alpha value is -2.74. The molecule has 2 aliphatic rings. The summed E-state index contributed by atoms with van der Waals surface area (Å²) >= 11 is 0. The highest BCUT2D eigenvalue weighted by Crippen LogP contribution is 2.21. The molecule has 0 atom stereocenters. The van der Waals surface area contributed by atoms with E-state index in [0.717, 1.165) is 24.2 Å². The van der Waals surface area contributed by atoms with Gasteiger partial charge in [-0.25, -0.2) is 0 Å². The summed E-state index contributed by atoms with van der Waals surface area (Å²) in [6.07, 6.45) is 3.27. The maximum absolute atomic E-state index is 12.7. The van der Waals surface area contributed by atoms with Crippen molar-refractivity contribution in [3.05, 3.63) is 47.5 Å². The van der Waals surface area contributed by atoms with Gasteiger partial charge in [-0.1, -0.05) is 6.07 Å². The van der Waals surface area contributed by atoms with Crippen molar-refractivity contribution < 1.29 is 14.3 Å². The highest BCUT2D eigenvalue weighted by Gasteiger charge is 2.29. The van der Waals surface area contributed by atoms with Crippen LogP contribution in [0.15, 0.2) is 30.5 Å². The summed E-state index contributed by atoms with van der Waals surface area (Å²) in [7, 11) is 0. The first-order chi connectivity index (χ1) is 13.2. The Balaban J connectivity index is 1.38. The Morgan fingerprint density at radius 3 is 2.85 bits per heavy atom. The zero-order valence-corrected chi connectivity index (χ0v) is 15.1. The molecule has 0 aromatic carbocycles. The van der Waals surface area contributed by atoms with Crippen molar-refractivity contribution in [3.8, 4) is 0 Å². The summed E-state index contributed by atoms with van der Waals surface area (Å²) in [5, 5.41) is 7.23. The first-order valence-corrected chi connectivity index (χ1v) is 9.32. The van der Waals surface area contributed by atoms with E-state index in [1.165, 1.54) is 0 Å². The van der Waals surface area contributed by atoms with Crippen LogP contribution < -0.4 is 5.32 Å². The number of nitrogens with zero attached hydrogens (tertiary/aromatic N) is 4. The van der Waals surface area contributed by atoms with Gasteiger partial charge in [0, 0.05) is 31.9 Å². The van der Waals surface area contributed by atoms with E-state index in [2.05, 4.69) is 15.4 Å². The van der Waals surface area contributed by atoms with E-state index < -0.39 is 0 Å². The van der Waals surface area contributed by atoms with Crippen molar-refractivity contribution in [2.45, 2.75) is 32.5 Å².